The topological polar surface area (TPSA) is 72.8 Å². The Morgan fingerprint density at radius 3 is 0.833 bits per heavy atom. The van der Waals surface area contributed by atoms with Crippen molar-refractivity contribution in [2.24, 2.45) is 0 Å². The molecule has 1 N–H and O–H groups in total. The van der Waals surface area contributed by atoms with E-state index in [-0.39, 0.29) is 25.2 Å². The molecule has 0 fully saturated rings. The third kappa shape index (κ3) is 60.2. The molecule has 72 heavy (non-hydrogen) atoms. The highest BCUT2D eigenvalue weighted by molar-refractivity contribution is 5.70. The quantitative estimate of drug-likeness (QED) is 0.0373. The van der Waals surface area contributed by atoms with Gasteiger partial charge in [0.2, 0.25) is 0 Å². The number of aliphatic hydroxyl groups is 1. The minimum atomic E-state index is -0.774. The second-order valence-electron chi connectivity index (χ2n) is 21.5. The van der Waals surface area contributed by atoms with E-state index in [2.05, 4.69) is 74.6 Å². The molecular formula is C67H122O5. The zero-order valence-corrected chi connectivity index (χ0v) is 48.2. The van der Waals surface area contributed by atoms with Gasteiger partial charge < -0.3 is 14.6 Å². The average Bonchev–Trinajstić information content (AvgIpc) is 3.38. The highest BCUT2D eigenvalue weighted by Gasteiger charge is 2.16. The standard InChI is InChI=1S/C67H122O5/c1-3-5-7-9-11-13-15-17-19-21-23-25-27-29-31-33-35-37-39-41-43-45-47-49-51-53-55-57-59-61-66(69)71-64-65(63-68)72-67(70)62-60-58-56-54-52-50-48-46-44-42-40-38-36-34-32-30-28-26-24-22-20-18-16-14-12-10-8-6-4-2/h15-18,21-24,28,30,65,68H,3-14,19-20,25-27,29,31-64H2,1-2H3/b17-15-,18-16-,23-21-,24-22-,30-28-. The molecule has 1 unspecified atom stereocenters. The molecule has 1 atom stereocenters. The number of unbranched alkanes of at least 4 members (excludes halogenated alkanes) is 41. The summed E-state index contributed by atoms with van der Waals surface area (Å²) in [5, 5.41) is 9.68. The first-order chi connectivity index (χ1) is 35.6. The van der Waals surface area contributed by atoms with E-state index in [9.17, 15) is 14.7 Å². The lowest BCUT2D eigenvalue weighted by atomic mass is 10.0. The number of aliphatic hydroxyl groups excluding tert-OH is 1. The molecule has 0 saturated carbocycles. The Morgan fingerprint density at radius 1 is 0.319 bits per heavy atom. The minimum Gasteiger partial charge on any atom is -0.462 e. The van der Waals surface area contributed by atoms with Gasteiger partial charge in [0, 0.05) is 12.8 Å². The molecule has 0 amide bonds. The zero-order chi connectivity index (χ0) is 52.0. The molecule has 5 heteroatoms. The Morgan fingerprint density at radius 2 is 0.556 bits per heavy atom. The molecule has 5 nitrogen and oxygen atoms in total. The molecule has 0 aliphatic carbocycles. The van der Waals surface area contributed by atoms with Gasteiger partial charge in [0.05, 0.1) is 6.61 Å². The summed E-state index contributed by atoms with van der Waals surface area (Å²) in [6.45, 7) is 4.16. The maximum absolute atomic E-state index is 12.3. The second kappa shape index (κ2) is 62.9. The smallest absolute Gasteiger partial charge is 0.306 e. The van der Waals surface area contributed by atoms with Crippen LogP contribution in [0.2, 0.25) is 0 Å². The highest BCUT2D eigenvalue weighted by atomic mass is 16.6. The molecule has 0 spiro atoms. The van der Waals surface area contributed by atoms with Crippen molar-refractivity contribution in [1.29, 1.82) is 0 Å². The monoisotopic (exact) mass is 1010 g/mol. The van der Waals surface area contributed by atoms with Crippen molar-refractivity contribution in [3.8, 4) is 0 Å². The van der Waals surface area contributed by atoms with Crippen LogP contribution in [0.1, 0.15) is 335 Å². The van der Waals surface area contributed by atoms with Crippen LogP contribution in [-0.4, -0.2) is 36.4 Å². The summed E-state index contributed by atoms with van der Waals surface area (Å²) in [7, 11) is 0. The average molecular weight is 1010 g/mol. The Kier molecular flexibility index (Phi) is 60.8. The number of carbonyl (C=O) groups excluding carboxylic acids is 2. The molecule has 0 radical (unpaired) electrons. The number of hydrogen-bond acceptors (Lipinski definition) is 5. The first-order valence-corrected chi connectivity index (χ1v) is 31.8. The molecule has 420 valence electrons. The predicted molar refractivity (Wildman–Crippen MR) is 316 cm³/mol. The van der Waals surface area contributed by atoms with Crippen molar-refractivity contribution in [2.75, 3.05) is 13.2 Å². The largest absolute Gasteiger partial charge is 0.462 e. The molecule has 0 rings (SSSR count). The summed E-state index contributed by atoms with van der Waals surface area (Å²) in [4.78, 5) is 24.6. The Bertz CT molecular complexity index is 1230. The SMILES string of the molecule is CCCCCCC/C=C\C/C=C\C/C=C\CCCCCCCCCCCCCCCCC(=O)OC(CO)COC(=O)CCCCCCCCCCCCCCCCCCC/C=C\C/C=C\CCCCCCC. The molecule has 0 bridgehead atoms. The highest BCUT2D eigenvalue weighted by Crippen LogP contribution is 2.17. The van der Waals surface area contributed by atoms with Crippen LogP contribution in [0.25, 0.3) is 0 Å². The molecule has 0 saturated heterocycles. The van der Waals surface area contributed by atoms with Crippen LogP contribution in [0.5, 0.6) is 0 Å². The number of ether oxygens (including phenoxy) is 2. The van der Waals surface area contributed by atoms with Crippen LogP contribution in [-0.2, 0) is 19.1 Å². The lowest BCUT2D eigenvalue weighted by Crippen LogP contribution is -2.28. The summed E-state index contributed by atoms with van der Waals surface area (Å²) in [5.74, 6) is -0.576. The Hall–Kier alpha value is -2.40. The van der Waals surface area contributed by atoms with Gasteiger partial charge in [0.1, 0.15) is 6.61 Å². The van der Waals surface area contributed by atoms with Gasteiger partial charge in [-0.15, -0.1) is 0 Å². The normalized spacial score (nSPS) is 12.5. The summed E-state index contributed by atoms with van der Waals surface area (Å²) in [5.41, 5.74) is 0. The summed E-state index contributed by atoms with van der Waals surface area (Å²) < 4.78 is 10.7. The van der Waals surface area contributed by atoms with Gasteiger partial charge in [0.15, 0.2) is 6.10 Å². The Balaban J connectivity index is 3.44. The number of carbonyl (C=O) groups is 2. The van der Waals surface area contributed by atoms with Crippen LogP contribution in [0.4, 0.5) is 0 Å². The molecule has 0 aliphatic heterocycles. The van der Waals surface area contributed by atoms with Gasteiger partial charge in [-0.1, -0.05) is 299 Å². The van der Waals surface area contributed by atoms with E-state index in [1.165, 1.54) is 250 Å². The predicted octanol–water partition coefficient (Wildman–Crippen LogP) is 21.8. The van der Waals surface area contributed by atoms with Gasteiger partial charge >= 0.3 is 11.9 Å². The van der Waals surface area contributed by atoms with Gasteiger partial charge in [-0.2, -0.15) is 0 Å². The molecule has 0 aromatic carbocycles. The molecule has 0 aromatic heterocycles. The van der Waals surface area contributed by atoms with E-state index >= 15 is 0 Å². The minimum absolute atomic E-state index is 0.0637. The molecule has 0 aromatic rings. The fraction of sp³-hybridized carbons (Fsp3) is 0.821. The fourth-order valence-electron chi connectivity index (χ4n) is 9.48. The van der Waals surface area contributed by atoms with Crippen molar-refractivity contribution >= 4 is 11.9 Å². The number of rotatable bonds is 59. The number of allylic oxidation sites excluding steroid dienone is 10. The van der Waals surface area contributed by atoms with Crippen LogP contribution in [0, 0.1) is 0 Å². The van der Waals surface area contributed by atoms with Crippen molar-refractivity contribution in [3.63, 3.8) is 0 Å². The molecular weight excluding hydrogens is 885 g/mol. The van der Waals surface area contributed by atoms with E-state index in [1.54, 1.807) is 0 Å². The van der Waals surface area contributed by atoms with E-state index in [0.717, 1.165) is 57.8 Å². The zero-order valence-electron chi connectivity index (χ0n) is 48.2. The van der Waals surface area contributed by atoms with Crippen LogP contribution < -0.4 is 0 Å². The maximum Gasteiger partial charge on any atom is 0.306 e. The first-order valence-electron chi connectivity index (χ1n) is 31.8. The molecule has 0 heterocycles. The van der Waals surface area contributed by atoms with E-state index in [1.807, 2.05) is 0 Å². The summed E-state index contributed by atoms with van der Waals surface area (Å²) in [6.07, 6.45) is 85.1. The molecule has 0 aliphatic rings. The van der Waals surface area contributed by atoms with E-state index in [0.29, 0.717) is 12.8 Å². The number of hydrogen-bond donors (Lipinski definition) is 1. The lowest BCUT2D eigenvalue weighted by Gasteiger charge is -2.15. The van der Waals surface area contributed by atoms with Crippen LogP contribution in [0.15, 0.2) is 60.8 Å². The van der Waals surface area contributed by atoms with Gasteiger partial charge in [-0.25, -0.2) is 0 Å². The summed E-state index contributed by atoms with van der Waals surface area (Å²) in [6, 6.07) is 0. The number of esters is 2. The van der Waals surface area contributed by atoms with Crippen molar-refractivity contribution in [2.45, 2.75) is 341 Å². The first kappa shape index (κ1) is 69.6. The fourth-order valence-corrected chi connectivity index (χ4v) is 9.48. The van der Waals surface area contributed by atoms with Crippen LogP contribution in [0.3, 0.4) is 0 Å². The van der Waals surface area contributed by atoms with Crippen molar-refractivity contribution in [3.05, 3.63) is 60.8 Å². The summed E-state index contributed by atoms with van der Waals surface area (Å²) >= 11 is 0. The lowest BCUT2D eigenvalue weighted by molar-refractivity contribution is -0.161. The van der Waals surface area contributed by atoms with Crippen molar-refractivity contribution in [1.82, 2.24) is 0 Å². The third-order valence-corrected chi connectivity index (χ3v) is 14.3. The maximum atomic E-state index is 12.3. The third-order valence-electron chi connectivity index (χ3n) is 14.3. The second-order valence-corrected chi connectivity index (χ2v) is 21.5. The van der Waals surface area contributed by atoms with Gasteiger partial charge in [-0.3, -0.25) is 9.59 Å². The van der Waals surface area contributed by atoms with Gasteiger partial charge in [0.25, 0.3) is 0 Å². The van der Waals surface area contributed by atoms with Crippen LogP contribution >= 0.6 is 0 Å². The van der Waals surface area contributed by atoms with Gasteiger partial charge in [-0.05, 0) is 83.5 Å². The Labute approximate surface area is 449 Å². The van der Waals surface area contributed by atoms with E-state index in [4.69, 9.17) is 9.47 Å². The van der Waals surface area contributed by atoms with E-state index < -0.39 is 6.10 Å². The van der Waals surface area contributed by atoms with Crippen molar-refractivity contribution < 1.29 is 24.2 Å².